The highest BCUT2D eigenvalue weighted by Crippen LogP contribution is 2.25. The van der Waals surface area contributed by atoms with Crippen molar-refractivity contribution >= 4 is 38.9 Å². The summed E-state index contributed by atoms with van der Waals surface area (Å²) in [5.41, 5.74) is 0. The summed E-state index contributed by atoms with van der Waals surface area (Å²) in [6, 6.07) is 3.08. The van der Waals surface area contributed by atoms with Crippen molar-refractivity contribution in [3.63, 3.8) is 0 Å². The molecule has 2 rings (SSSR count). The lowest BCUT2D eigenvalue weighted by Gasteiger charge is -2.12. The van der Waals surface area contributed by atoms with Gasteiger partial charge in [-0.1, -0.05) is 11.6 Å². The molecule has 11 heteroatoms. The Morgan fingerprint density at radius 3 is 2.59 bits per heavy atom. The van der Waals surface area contributed by atoms with Gasteiger partial charge in [-0.2, -0.15) is 15.0 Å². The van der Waals surface area contributed by atoms with Crippen LogP contribution in [0.2, 0.25) is 4.34 Å². The van der Waals surface area contributed by atoms with Gasteiger partial charge in [0.1, 0.15) is 4.21 Å². The minimum absolute atomic E-state index is 0.0857. The van der Waals surface area contributed by atoms with Crippen molar-refractivity contribution in [1.82, 2.24) is 19.7 Å². The van der Waals surface area contributed by atoms with E-state index in [1.165, 1.54) is 19.2 Å². The maximum absolute atomic E-state index is 12.1. The molecule has 0 amide bonds. The summed E-state index contributed by atoms with van der Waals surface area (Å²) in [4.78, 5) is 13.9. The van der Waals surface area contributed by atoms with Gasteiger partial charge >= 0.3 is 6.01 Å². The zero-order valence-corrected chi connectivity index (χ0v) is 14.5. The number of thiophene rings is 1. The van der Waals surface area contributed by atoms with Crippen molar-refractivity contribution < 1.29 is 13.2 Å². The Labute approximate surface area is 137 Å². The van der Waals surface area contributed by atoms with E-state index in [-0.39, 0.29) is 22.6 Å². The molecular formula is C11H14ClN5O3S2. The van der Waals surface area contributed by atoms with Gasteiger partial charge in [0.05, 0.1) is 18.0 Å². The fourth-order valence-electron chi connectivity index (χ4n) is 1.43. The van der Waals surface area contributed by atoms with Crippen LogP contribution in [0.25, 0.3) is 0 Å². The first-order chi connectivity index (χ1) is 10.3. The molecule has 2 aromatic rings. The second kappa shape index (κ2) is 6.73. The Hall–Kier alpha value is -1.49. The van der Waals surface area contributed by atoms with E-state index >= 15 is 0 Å². The molecule has 22 heavy (non-hydrogen) atoms. The first-order valence-electron chi connectivity index (χ1n) is 6.03. The highest BCUT2D eigenvalue weighted by molar-refractivity contribution is 7.91. The Balaban J connectivity index is 2.19. The van der Waals surface area contributed by atoms with E-state index in [9.17, 15) is 8.42 Å². The zero-order chi connectivity index (χ0) is 16.3. The van der Waals surface area contributed by atoms with Gasteiger partial charge in [-0.05, 0) is 12.1 Å². The molecule has 0 aliphatic carbocycles. The Kier molecular flexibility index (Phi) is 5.16. The quantitative estimate of drug-likeness (QED) is 0.821. The molecule has 0 fully saturated rings. The SMILES string of the molecule is COc1nc(CNS(=O)(=O)c2ccc(Cl)s2)nc(N(C)C)n1. The predicted octanol–water partition coefficient (Wildman–Crippen LogP) is 1.14. The molecule has 0 saturated heterocycles. The van der Waals surface area contributed by atoms with Crippen LogP contribution in [0.5, 0.6) is 6.01 Å². The summed E-state index contributed by atoms with van der Waals surface area (Å²) < 4.78 is 32.2. The van der Waals surface area contributed by atoms with Crippen molar-refractivity contribution in [2.75, 3.05) is 26.1 Å². The summed E-state index contributed by atoms with van der Waals surface area (Å²) in [6.45, 7) is -0.0857. The molecule has 1 N–H and O–H groups in total. The van der Waals surface area contributed by atoms with Crippen LogP contribution in [0.3, 0.4) is 0 Å². The van der Waals surface area contributed by atoms with Gasteiger partial charge in [0.25, 0.3) is 10.0 Å². The molecule has 120 valence electrons. The lowest BCUT2D eigenvalue weighted by Crippen LogP contribution is -2.24. The van der Waals surface area contributed by atoms with Crippen LogP contribution in [0, 0.1) is 0 Å². The van der Waals surface area contributed by atoms with Crippen LogP contribution in [0.1, 0.15) is 5.82 Å². The third kappa shape index (κ3) is 4.03. The van der Waals surface area contributed by atoms with Crippen LogP contribution in [0.15, 0.2) is 16.3 Å². The summed E-state index contributed by atoms with van der Waals surface area (Å²) in [6.07, 6.45) is 0. The molecule has 8 nitrogen and oxygen atoms in total. The summed E-state index contributed by atoms with van der Waals surface area (Å²) in [5.74, 6) is 0.627. The highest BCUT2D eigenvalue weighted by atomic mass is 35.5. The van der Waals surface area contributed by atoms with Crippen LogP contribution in [0.4, 0.5) is 5.95 Å². The van der Waals surface area contributed by atoms with E-state index < -0.39 is 10.0 Å². The third-order valence-corrected chi connectivity index (χ3v) is 5.59. The number of aromatic nitrogens is 3. The van der Waals surface area contributed by atoms with Crippen molar-refractivity contribution in [1.29, 1.82) is 0 Å². The predicted molar refractivity (Wildman–Crippen MR) is 84.1 cm³/mol. The van der Waals surface area contributed by atoms with Gasteiger partial charge in [-0.25, -0.2) is 13.1 Å². The van der Waals surface area contributed by atoms with E-state index in [0.29, 0.717) is 10.3 Å². The number of ether oxygens (including phenoxy) is 1. The number of anilines is 1. The smallest absolute Gasteiger partial charge is 0.321 e. The summed E-state index contributed by atoms with van der Waals surface area (Å²) in [7, 11) is 1.29. The molecule has 0 unspecified atom stereocenters. The molecule has 0 radical (unpaired) electrons. The Morgan fingerprint density at radius 2 is 2.05 bits per heavy atom. The molecule has 0 aromatic carbocycles. The van der Waals surface area contributed by atoms with Gasteiger partial charge in [0, 0.05) is 14.1 Å². The van der Waals surface area contributed by atoms with Gasteiger partial charge in [0.2, 0.25) is 5.95 Å². The number of nitrogens with one attached hydrogen (secondary N) is 1. The van der Waals surface area contributed by atoms with Gasteiger partial charge in [-0.3, -0.25) is 0 Å². The minimum Gasteiger partial charge on any atom is -0.467 e. The van der Waals surface area contributed by atoms with Crippen molar-refractivity contribution in [3.05, 3.63) is 22.3 Å². The molecule has 0 aliphatic rings. The standard InChI is InChI=1S/C11H14ClN5O3S2/c1-17(2)10-14-8(15-11(16-10)20-3)6-13-22(18,19)9-5-4-7(12)21-9/h4-5,13H,6H2,1-3H3. The van der Waals surface area contributed by atoms with Crippen molar-refractivity contribution in [2.45, 2.75) is 10.8 Å². The van der Waals surface area contributed by atoms with Crippen LogP contribution in [-0.2, 0) is 16.6 Å². The van der Waals surface area contributed by atoms with E-state index in [4.69, 9.17) is 16.3 Å². The van der Waals surface area contributed by atoms with E-state index in [0.717, 1.165) is 11.3 Å². The Morgan fingerprint density at radius 1 is 1.32 bits per heavy atom. The third-order valence-electron chi connectivity index (χ3n) is 2.47. The molecule has 0 spiro atoms. The molecule has 0 aliphatic heterocycles. The second-order valence-electron chi connectivity index (χ2n) is 4.32. The summed E-state index contributed by atoms with van der Waals surface area (Å²) in [5, 5.41) is 0. The van der Waals surface area contributed by atoms with Crippen LogP contribution < -0.4 is 14.4 Å². The number of hydrogen-bond acceptors (Lipinski definition) is 8. The molecular weight excluding hydrogens is 350 g/mol. The Bertz CT molecular complexity index is 763. The number of rotatable bonds is 6. The zero-order valence-electron chi connectivity index (χ0n) is 12.1. The monoisotopic (exact) mass is 363 g/mol. The van der Waals surface area contributed by atoms with Gasteiger partial charge in [0.15, 0.2) is 5.82 Å². The first kappa shape index (κ1) is 16.9. The van der Waals surface area contributed by atoms with Crippen LogP contribution >= 0.6 is 22.9 Å². The highest BCUT2D eigenvalue weighted by Gasteiger charge is 2.18. The molecule has 2 aromatic heterocycles. The van der Waals surface area contributed by atoms with E-state index in [2.05, 4.69) is 19.7 Å². The summed E-state index contributed by atoms with van der Waals surface area (Å²) >= 11 is 6.72. The van der Waals surface area contributed by atoms with Gasteiger partial charge < -0.3 is 9.64 Å². The first-order valence-corrected chi connectivity index (χ1v) is 8.71. The second-order valence-corrected chi connectivity index (χ2v) is 8.02. The van der Waals surface area contributed by atoms with Gasteiger partial charge in [-0.15, -0.1) is 11.3 Å². The largest absolute Gasteiger partial charge is 0.467 e. The number of hydrogen-bond donors (Lipinski definition) is 1. The fourth-order valence-corrected chi connectivity index (χ4v) is 3.94. The van der Waals surface area contributed by atoms with E-state index in [1.807, 2.05) is 0 Å². The number of methoxy groups -OCH3 is 1. The lowest BCUT2D eigenvalue weighted by atomic mass is 10.6. The lowest BCUT2D eigenvalue weighted by molar-refractivity contribution is 0.375. The normalized spacial score (nSPS) is 11.5. The molecule has 0 atom stereocenters. The van der Waals surface area contributed by atoms with Crippen molar-refractivity contribution in [3.8, 4) is 6.01 Å². The van der Waals surface area contributed by atoms with Crippen molar-refractivity contribution in [2.24, 2.45) is 0 Å². The molecule has 2 heterocycles. The number of halogens is 1. The topological polar surface area (TPSA) is 97.3 Å². The average molecular weight is 364 g/mol. The van der Waals surface area contributed by atoms with E-state index in [1.54, 1.807) is 19.0 Å². The minimum atomic E-state index is -3.66. The molecule has 0 saturated carbocycles. The maximum atomic E-state index is 12.1. The fraction of sp³-hybridized carbons (Fsp3) is 0.364. The van der Waals surface area contributed by atoms with Crippen LogP contribution in [-0.4, -0.2) is 44.6 Å². The average Bonchev–Trinajstić information content (AvgIpc) is 2.92. The molecule has 0 bridgehead atoms. The maximum Gasteiger partial charge on any atom is 0.321 e. The number of nitrogens with zero attached hydrogens (tertiary/aromatic N) is 4. The number of sulfonamides is 1.